The van der Waals surface area contributed by atoms with Gasteiger partial charge in [-0.15, -0.1) is 0 Å². The van der Waals surface area contributed by atoms with Crippen LogP contribution in [0.3, 0.4) is 0 Å². The van der Waals surface area contributed by atoms with E-state index in [0.29, 0.717) is 12.5 Å². The molecular formula is C10H18O. The van der Waals surface area contributed by atoms with Crippen LogP contribution in [0.1, 0.15) is 20.8 Å². The summed E-state index contributed by atoms with van der Waals surface area (Å²) < 4.78 is 5.04. The Bertz CT molecular complexity index is 154. The normalized spacial score (nSPS) is 12.3. The zero-order valence-electron chi connectivity index (χ0n) is 7.98. The summed E-state index contributed by atoms with van der Waals surface area (Å²) in [4.78, 5) is 0. The Kier molecular flexibility index (Phi) is 4.88. The van der Waals surface area contributed by atoms with Crippen molar-refractivity contribution in [1.29, 1.82) is 0 Å². The van der Waals surface area contributed by atoms with Gasteiger partial charge in [0.2, 0.25) is 0 Å². The van der Waals surface area contributed by atoms with Crippen LogP contribution in [-0.2, 0) is 4.74 Å². The molecule has 0 unspecified atom stereocenters. The van der Waals surface area contributed by atoms with E-state index in [4.69, 9.17) is 4.74 Å². The van der Waals surface area contributed by atoms with Crippen molar-refractivity contribution in [1.82, 2.24) is 0 Å². The maximum Gasteiger partial charge on any atom is 0.0712 e. The number of ether oxygens (including phenoxy) is 1. The molecule has 0 spiro atoms. The predicted octanol–water partition coefficient (Wildman–Crippen LogP) is 2.79. The first kappa shape index (κ1) is 10.4. The Hall–Kier alpha value is -0.560. The van der Waals surface area contributed by atoms with Crippen LogP contribution >= 0.6 is 0 Å². The van der Waals surface area contributed by atoms with Gasteiger partial charge in [-0.1, -0.05) is 26.5 Å². The van der Waals surface area contributed by atoms with Gasteiger partial charge in [0.25, 0.3) is 0 Å². The summed E-state index contributed by atoms with van der Waals surface area (Å²) >= 11 is 0. The molecule has 1 nitrogen and oxygen atoms in total. The van der Waals surface area contributed by atoms with Crippen molar-refractivity contribution in [3.63, 3.8) is 0 Å². The highest BCUT2D eigenvalue weighted by molar-refractivity contribution is 5.29. The molecule has 0 heterocycles. The summed E-state index contributed by atoms with van der Waals surface area (Å²) in [6.07, 6.45) is 2.06. The molecule has 0 rings (SSSR count). The van der Waals surface area contributed by atoms with E-state index in [2.05, 4.69) is 26.5 Å². The molecule has 0 aliphatic rings. The third-order valence-corrected chi connectivity index (χ3v) is 1.76. The van der Waals surface area contributed by atoms with Gasteiger partial charge in [0.15, 0.2) is 0 Å². The van der Waals surface area contributed by atoms with Gasteiger partial charge in [-0.05, 0) is 24.0 Å². The average molecular weight is 154 g/mol. The van der Waals surface area contributed by atoms with Crippen LogP contribution in [0.5, 0.6) is 0 Å². The Morgan fingerprint density at radius 2 is 2.09 bits per heavy atom. The van der Waals surface area contributed by atoms with E-state index in [1.54, 1.807) is 7.11 Å². The standard InChI is InChI=1S/C10H18O/c1-6-10(7-11-5)9(4)8(2)3/h6,8H,4,7H2,1-3,5H3. The third kappa shape index (κ3) is 3.38. The van der Waals surface area contributed by atoms with Gasteiger partial charge in [-0.3, -0.25) is 0 Å². The van der Waals surface area contributed by atoms with E-state index in [1.165, 1.54) is 11.1 Å². The van der Waals surface area contributed by atoms with E-state index in [9.17, 15) is 0 Å². The van der Waals surface area contributed by atoms with Crippen LogP contribution in [-0.4, -0.2) is 13.7 Å². The Balaban J connectivity index is 4.16. The summed E-state index contributed by atoms with van der Waals surface area (Å²) in [5.74, 6) is 0.511. The summed E-state index contributed by atoms with van der Waals surface area (Å²) in [7, 11) is 1.71. The molecule has 0 aromatic heterocycles. The van der Waals surface area contributed by atoms with Crippen LogP contribution in [0.25, 0.3) is 0 Å². The van der Waals surface area contributed by atoms with E-state index in [1.807, 2.05) is 6.92 Å². The first-order chi connectivity index (χ1) is 5.13. The molecule has 0 aromatic carbocycles. The molecule has 0 saturated carbocycles. The van der Waals surface area contributed by atoms with Gasteiger partial charge in [0.05, 0.1) is 6.61 Å². The second kappa shape index (κ2) is 5.14. The van der Waals surface area contributed by atoms with E-state index >= 15 is 0 Å². The molecule has 0 fully saturated rings. The highest BCUT2D eigenvalue weighted by Gasteiger charge is 2.04. The van der Waals surface area contributed by atoms with E-state index < -0.39 is 0 Å². The van der Waals surface area contributed by atoms with E-state index in [0.717, 1.165) is 0 Å². The van der Waals surface area contributed by atoms with Crippen molar-refractivity contribution in [3.8, 4) is 0 Å². The molecule has 0 aliphatic heterocycles. The number of rotatable bonds is 4. The third-order valence-electron chi connectivity index (χ3n) is 1.76. The van der Waals surface area contributed by atoms with Crippen LogP contribution in [0, 0.1) is 5.92 Å². The number of hydrogen-bond donors (Lipinski definition) is 0. The Morgan fingerprint density at radius 3 is 2.36 bits per heavy atom. The molecule has 0 bridgehead atoms. The fourth-order valence-corrected chi connectivity index (χ4v) is 0.888. The highest BCUT2D eigenvalue weighted by atomic mass is 16.5. The monoisotopic (exact) mass is 154 g/mol. The first-order valence-corrected chi connectivity index (χ1v) is 3.96. The van der Waals surface area contributed by atoms with Crippen LogP contribution in [0.15, 0.2) is 23.8 Å². The van der Waals surface area contributed by atoms with Crippen molar-refractivity contribution in [2.75, 3.05) is 13.7 Å². The molecule has 0 amide bonds. The second-order valence-corrected chi connectivity index (χ2v) is 2.93. The second-order valence-electron chi connectivity index (χ2n) is 2.93. The number of allylic oxidation sites excluding steroid dienone is 1. The summed E-state index contributed by atoms with van der Waals surface area (Å²) in [5, 5.41) is 0. The molecule has 0 N–H and O–H groups in total. The SMILES string of the molecule is C=C(C(=CC)COC)C(C)C. The van der Waals surface area contributed by atoms with Crippen molar-refractivity contribution >= 4 is 0 Å². The fourth-order valence-electron chi connectivity index (χ4n) is 0.888. The Morgan fingerprint density at radius 1 is 1.55 bits per heavy atom. The van der Waals surface area contributed by atoms with Crippen molar-refractivity contribution < 1.29 is 4.74 Å². The van der Waals surface area contributed by atoms with Gasteiger partial charge in [-0.25, -0.2) is 0 Å². The smallest absolute Gasteiger partial charge is 0.0712 e. The van der Waals surface area contributed by atoms with Gasteiger partial charge >= 0.3 is 0 Å². The minimum Gasteiger partial charge on any atom is -0.380 e. The minimum atomic E-state index is 0.511. The first-order valence-electron chi connectivity index (χ1n) is 3.96. The quantitative estimate of drug-likeness (QED) is 0.566. The largest absolute Gasteiger partial charge is 0.380 e. The van der Waals surface area contributed by atoms with Gasteiger partial charge < -0.3 is 4.74 Å². The summed E-state index contributed by atoms with van der Waals surface area (Å²) in [6, 6.07) is 0. The zero-order chi connectivity index (χ0) is 8.85. The molecule has 0 radical (unpaired) electrons. The van der Waals surface area contributed by atoms with Crippen LogP contribution in [0.2, 0.25) is 0 Å². The summed E-state index contributed by atoms with van der Waals surface area (Å²) in [6.45, 7) is 11.0. The van der Waals surface area contributed by atoms with Gasteiger partial charge in [0, 0.05) is 7.11 Å². The zero-order valence-corrected chi connectivity index (χ0v) is 7.98. The number of methoxy groups -OCH3 is 1. The van der Waals surface area contributed by atoms with Crippen LogP contribution in [0.4, 0.5) is 0 Å². The lowest BCUT2D eigenvalue weighted by Gasteiger charge is -2.12. The lowest BCUT2D eigenvalue weighted by molar-refractivity contribution is 0.226. The van der Waals surface area contributed by atoms with E-state index in [-0.39, 0.29) is 0 Å². The lowest BCUT2D eigenvalue weighted by atomic mass is 9.97. The fraction of sp³-hybridized carbons (Fsp3) is 0.600. The van der Waals surface area contributed by atoms with Crippen molar-refractivity contribution in [2.45, 2.75) is 20.8 Å². The summed E-state index contributed by atoms with van der Waals surface area (Å²) in [5.41, 5.74) is 2.39. The van der Waals surface area contributed by atoms with Crippen LogP contribution < -0.4 is 0 Å². The maximum atomic E-state index is 5.04. The average Bonchev–Trinajstić information content (AvgIpc) is 1.98. The molecule has 1 heteroatoms. The molecule has 0 atom stereocenters. The molecule has 11 heavy (non-hydrogen) atoms. The van der Waals surface area contributed by atoms with Crippen molar-refractivity contribution in [2.24, 2.45) is 5.92 Å². The predicted molar refractivity (Wildman–Crippen MR) is 49.6 cm³/mol. The molecule has 0 saturated heterocycles. The van der Waals surface area contributed by atoms with Gasteiger partial charge in [-0.2, -0.15) is 0 Å². The van der Waals surface area contributed by atoms with Gasteiger partial charge in [0.1, 0.15) is 0 Å². The molecular weight excluding hydrogens is 136 g/mol. The number of hydrogen-bond acceptors (Lipinski definition) is 1. The molecule has 64 valence electrons. The molecule has 0 aromatic rings. The van der Waals surface area contributed by atoms with Crippen molar-refractivity contribution in [3.05, 3.63) is 23.8 Å². The Labute approximate surface area is 69.8 Å². The minimum absolute atomic E-state index is 0.511. The topological polar surface area (TPSA) is 9.23 Å². The molecule has 0 aliphatic carbocycles. The lowest BCUT2D eigenvalue weighted by Crippen LogP contribution is -2.02. The maximum absolute atomic E-state index is 5.04. The highest BCUT2D eigenvalue weighted by Crippen LogP contribution is 2.16.